The minimum atomic E-state index is -4.05. The summed E-state index contributed by atoms with van der Waals surface area (Å²) < 4.78 is 42.9. The van der Waals surface area contributed by atoms with E-state index in [1.54, 1.807) is 25.1 Å². The zero-order valence-corrected chi connectivity index (χ0v) is 22.2. The van der Waals surface area contributed by atoms with Crippen LogP contribution >= 0.6 is 11.6 Å². The number of nitrogens with zero attached hydrogens (tertiary/aromatic N) is 4. The molecule has 2 N–H and O–H groups in total. The van der Waals surface area contributed by atoms with Gasteiger partial charge in [0.15, 0.2) is 23.1 Å². The van der Waals surface area contributed by atoms with Crippen molar-refractivity contribution in [3.05, 3.63) is 65.3 Å². The second kappa shape index (κ2) is 9.63. The van der Waals surface area contributed by atoms with E-state index in [4.69, 9.17) is 11.6 Å². The number of fused-ring (bicyclic) bond motifs is 1. The Morgan fingerprint density at radius 3 is 2.66 bits per heavy atom. The molecule has 9 nitrogen and oxygen atoms in total. The lowest BCUT2D eigenvalue weighted by molar-refractivity contribution is -0.150. The Balaban J connectivity index is 1.62. The Hall–Kier alpha value is -3.57. The third-order valence-corrected chi connectivity index (χ3v) is 9.02. The van der Waals surface area contributed by atoms with Crippen molar-refractivity contribution in [3.63, 3.8) is 0 Å². The van der Waals surface area contributed by atoms with Gasteiger partial charge in [-0.05, 0) is 44.9 Å². The van der Waals surface area contributed by atoms with Crippen molar-refractivity contribution in [1.29, 1.82) is 0 Å². The van der Waals surface area contributed by atoms with Crippen LogP contribution < -0.4 is 5.32 Å². The molecule has 198 valence electrons. The summed E-state index contributed by atoms with van der Waals surface area (Å²) in [5.74, 6) is -1.84. The number of carboxylic acid groups (broad SMARTS) is 1. The van der Waals surface area contributed by atoms with Crippen LogP contribution in [-0.2, 0) is 14.8 Å². The smallest absolute Gasteiger partial charge is 0.311 e. The van der Waals surface area contributed by atoms with Gasteiger partial charge in [-0.25, -0.2) is 31.7 Å². The van der Waals surface area contributed by atoms with E-state index < -0.39 is 33.3 Å². The lowest BCUT2D eigenvalue weighted by atomic mass is 9.71. The van der Waals surface area contributed by atoms with E-state index in [1.165, 1.54) is 24.5 Å². The molecule has 5 rings (SSSR count). The summed E-state index contributed by atoms with van der Waals surface area (Å²) in [6.45, 7) is 3.50. The molecule has 4 aromatic rings. The van der Waals surface area contributed by atoms with Gasteiger partial charge in [0, 0.05) is 29.4 Å². The van der Waals surface area contributed by atoms with Gasteiger partial charge in [-0.3, -0.25) is 4.79 Å². The Kier molecular flexibility index (Phi) is 6.60. The van der Waals surface area contributed by atoms with E-state index in [-0.39, 0.29) is 32.8 Å². The molecule has 1 fully saturated rings. The number of aromatic nitrogens is 4. The highest BCUT2D eigenvalue weighted by Gasteiger charge is 2.43. The van der Waals surface area contributed by atoms with Crippen molar-refractivity contribution in [2.75, 3.05) is 5.32 Å². The first-order chi connectivity index (χ1) is 18.0. The van der Waals surface area contributed by atoms with Gasteiger partial charge >= 0.3 is 5.97 Å². The van der Waals surface area contributed by atoms with Crippen molar-refractivity contribution >= 4 is 44.4 Å². The molecule has 0 bridgehead atoms. The van der Waals surface area contributed by atoms with Crippen LogP contribution in [0.2, 0.25) is 5.02 Å². The maximum atomic E-state index is 14.9. The van der Waals surface area contributed by atoms with E-state index in [9.17, 15) is 22.7 Å². The van der Waals surface area contributed by atoms with Gasteiger partial charge in [-0.15, -0.1) is 0 Å². The molecule has 0 amide bonds. The van der Waals surface area contributed by atoms with Crippen LogP contribution in [0.4, 0.5) is 10.2 Å². The molecular weight excluding hydrogens is 533 g/mol. The molecule has 2 atom stereocenters. The first kappa shape index (κ1) is 26.1. The number of benzene rings is 1. The predicted molar refractivity (Wildman–Crippen MR) is 141 cm³/mol. The van der Waals surface area contributed by atoms with Crippen molar-refractivity contribution in [2.45, 2.75) is 50.5 Å². The Labute approximate surface area is 223 Å². The maximum absolute atomic E-state index is 14.9. The molecule has 0 unspecified atom stereocenters. The molecule has 0 saturated heterocycles. The molecule has 0 aliphatic heterocycles. The highest BCUT2D eigenvalue weighted by Crippen LogP contribution is 2.39. The van der Waals surface area contributed by atoms with Crippen molar-refractivity contribution in [2.24, 2.45) is 5.41 Å². The second-order valence-corrected chi connectivity index (χ2v) is 12.0. The SMILES string of the molecule is Cc1ccc(S(=O)(=O)n2cc(-c3ncc(F)c(N[C@H]4CCCC[C@]4(C)C(=O)O)n3)c3cc(Cl)cnc32)cc1. The number of carboxylic acids is 1. The Morgan fingerprint density at radius 2 is 1.95 bits per heavy atom. The molecule has 12 heteroatoms. The average molecular weight is 558 g/mol. The van der Waals surface area contributed by atoms with Gasteiger partial charge in [-0.2, -0.15) is 0 Å². The number of rotatable bonds is 6. The summed E-state index contributed by atoms with van der Waals surface area (Å²) in [6.07, 6.45) is 6.20. The lowest BCUT2D eigenvalue weighted by Crippen LogP contribution is -2.47. The van der Waals surface area contributed by atoms with Crippen LogP contribution in [-0.4, -0.2) is 44.5 Å². The molecule has 0 radical (unpaired) electrons. The maximum Gasteiger partial charge on any atom is 0.311 e. The second-order valence-electron chi connectivity index (χ2n) is 9.74. The summed E-state index contributed by atoms with van der Waals surface area (Å²) >= 11 is 6.19. The number of hydrogen-bond donors (Lipinski definition) is 2. The normalized spacial score (nSPS) is 19.9. The molecule has 1 saturated carbocycles. The van der Waals surface area contributed by atoms with Crippen LogP contribution in [0.3, 0.4) is 0 Å². The van der Waals surface area contributed by atoms with Crippen LogP contribution in [0.1, 0.15) is 38.2 Å². The number of anilines is 1. The fourth-order valence-corrected chi connectivity index (χ4v) is 6.31. The van der Waals surface area contributed by atoms with E-state index >= 15 is 0 Å². The summed E-state index contributed by atoms with van der Waals surface area (Å²) in [5, 5.41) is 13.4. The summed E-state index contributed by atoms with van der Waals surface area (Å²) in [7, 11) is -4.05. The van der Waals surface area contributed by atoms with Gasteiger partial charge < -0.3 is 10.4 Å². The largest absolute Gasteiger partial charge is 0.481 e. The summed E-state index contributed by atoms with van der Waals surface area (Å²) in [6, 6.07) is 7.40. The highest BCUT2D eigenvalue weighted by atomic mass is 35.5. The van der Waals surface area contributed by atoms with Gasteiger partial charge in [0.05, 0.1) is 21.5 Å². The average Bonchev–Trinajstić information content (AvgIpc) is 3.26. The van der Waals surface area contributed by atoms with Gasteiger partial charge in [0.1, 0.15) is 0 Å². The van der Waals surface area contributed by atoms with E-state index in [2.05, 4.69) is 20.3 Å². The first-order valence-corrected chi connectivity index (χ1v) is 13.8. The number of aliphatic carboxylic acids is 1. The predicted octanol–water partition coefficient (Wildman–Crippen LogP) is 5.28. The van der Waals surface area contributed by atoms with Crippen LogP contribution in [0.25, 0.3) is 22.4 Å². The highest BCUT2D eigenvalue weighted by molar-refractivity contribution is 7.90. The molecule has 3 heterocycles. The van der Waals surface area contributed by atoms with Crippen LogP contribution in [0.15, 0.2) is 53.8 Å². The monoisotopic (exact) mass is 557 g/mol. The van der Waals surface area contributed by atoms with Crippen LogP contribution in [0.5, 0.6) is 0 Å². The number of pyridine rings is 1. The molecular formula is C26H25ClFN5O4S. The number of aryl methyl sites for hydroxylation is 1. The minimum absolute atomic E-state index is 0.0358. The molecule has 0 spiro atoms. The number of halogens is 2. The molecule has 38 heavy (non-hydrogen) atoms. The number of carbonyl (C=O) groups is 1. The Morgan fingerprint density at radius 1 is 1.21 bits per heavy atom. The summed E-state index contributed by atoms with van der Waals surface area (Å²) in [5.41, 5.74) is 0.200. The van der Waals surface area contributed by atoms with E-state index in [0.29, 0.717) is 18.2 Å². The molecule has 1 aromatic carbocycles. The van der Waals surface area contributed by atoms with Crippen LogP contribution in [0, 0.1) is 18.2 Å². The van der Waals surface area contributed by atoms with E-state index in [1.807, 2.05) is 6.92 Å². The first-order valence-electron chi connectivity index (χ1n) is 12.0. The molecule has 1 aliphatic rings. The zero-order chi connectivity index (χ0) is 27.2. The third-order valence-electron chi connectivity index (χ3n) is 7.15. The quantitative estimate of drug-likeness (QED) is 0.328. The number of nitrogens with one attached hydrogen (secondary N) is 1. The number of hydrogen-bond acceptors (Lipinski definition) is 7. The fraction of sp³-hybridized carbons (Fsp3) is 0.308. The zero-order valence-electron chi connectivity index (χ0n) is 20.6. The van der Waals surface area contributed by atoms with Crippen molar-refractivity contribution in [1.82, 2.24) is 18.9 Å². The van der Waals surface area contributed by atoms with Gasteiger partial charge in [0.25, 0.3) is 10.0 Å². The lowest BCUT2D eigenvalue weighted by Gasteiger charge is -2.38. The van der Waals surface area contributed by atoms with E-state index in [0.717, 1.165) is 28.6 Å². The molecule has 1 aliphatic carbocycles. The minimum Gasteiger partial charge on any atom is -0.481 e. The van der Waals surface area contributed by atoms with Gasteiger partial charge in [0.2, 0.25) is 0 Å². The summed E-state index contributed by atoms with van der Waals surface area (Å²) in [4.78, 5) is 24.8. The standard InChI is InChI=1S/C26H25ClFN5O4S/c1-15-6-8-17(9-7-15)38(36,37)33-14-19(18-11-16(27)12-30-24(18)33)22-29-13-20(28)23(32-22)31-21-5-3-4-10-26(21,2)25(34)35/h6-9,11-14,21H,3-5,10H2,1-2H3,(H,34,35)(H,29,31,32)/t21-,26-/m0/s1. The topological polar surface area (TPSA) is 127 Å². The Bertz CT molecular complexity index is 1660. The third kappa shape index (κ3) is 4.49. The van der Waals surface area contributed by atoms with Crippen molar-refractivity contribution < 1.29 is 22.7 Å². The molecule has 3 aromatic heterocycles. The van der Waals surface area contributed by atoms with Gasteiger partial charge in [-0.1, -0.05) is 42.1 Å². The fourth-order valence-electron chi connectivity index (χ4n) is 4.82. The van der Waals surface area contributed by atoms with Crippen molar-refractivity contribution in [3.8, 4) is 11.4 Å².